The highest BCUT2D eigenvalue weighted by atomic mass is 32.2. The lowest BCUT2D eigenvalue weighted by atomic mass is 10.1. The van der Waals surface area contributed by atoms with Gasteiger partial charge in [-0.3, -0.25) is 18.2 Å². The molecule has 0 fully saturated rings. The predicted octanol–water partition coefficient (Wildman–Crippen LogP) is 4.91. The topological polar surface area (TPSA) is 363 Å². The van der Waals surface area contributed by atoms with Crippen molar-refractivity contribution in [1.29, 1.82) is 0 Å². The number of nitrogens with one attached hydrogen (secondary N) is 3. The summed E-state index contributed by atoms with van der Waals surface area (Å²) in [5.74, 6) is -2.83. The first kappa shape index (κ1) is 43.8. The number of esters is 1. The van der Waals surface area contributed by atoms with Gasteiger partial charge in [0.2, 0.25) is 17.8 Å². The van der Waals surface area contributed by atoms with Crippen molar-refractivity contribution >= 4 is 109 Å². The highest BCUT2D eigenvalue weighted by Gasteiger charge is 2.27. The molecule has 23 nitrogen and oxygen atoms in total. The first-order valence-electron chi connectivity index (χ1n) is 16.6. The third-order valence-corrected chi connectivity index (χ3v) is 11.7. The molecule has 0 spiro atoms. The molecule has 0 bridgehead atoms. The van der Waals surface area contributed by atoms with Crippen molar-refractivity contribution in [1.82, 2.24) is 15.0 Å². The maximum absolute atomic E-state index is 12.7. The van der Waals surface area contributed by atoms with Gasteiger partial charge in [-0.2, -0.15) is 48.6 Å². The van der Waals surface area contributed by atoms with Crippen LogP contribution in [-0.4, -0.2) is 91.1 Å². The van der Waals surface area contributed by atoms with Gasteiger partial charge >= 0.3 is 5.97 Å². The summed E-state index contributed by atoms with van der Waals surface area (Å²) in [6.07, 6.45) is 0.923. The van der Waals surface area contributed by atoms with Crippen LogP contribution in [0.4, 0.5) is 40.6 Å². The standard InChI is InChI=1S/C34H28N8O15S4/c1-2-27(43)57-14-13-35-32-38-33(36-20-8-10-21(11-9-20)58(45,46)47)40-34(39-32)37-25-17-22(59(48,49)50)15-19-16-26(60(51,52)53)29(30(44)28(19)25)42-41-24-12-7-18-5-3-4-6-23(18)31(24)61(54,55)56/h2-12,15-17,44H,1,13-14H2,(H,45,46,47)(H,48,49,50)(H,51,52,53)(H,54,55,56)(H3,35,36,37,38,39,40). The van der Waals surface area contributed by atoms with Gasteiger partial charge in [-0.1, -0.05) is 36.9 Å². The van der Waals surface area contributed by atoms with Crippen LogP contribution >= 0.6 is 0 Å². The van der Waals surface area contributed by atoms with E-state index in [1.165, 1.54) is 36.4 Å². The number of azo groups is 1. The lowest BCUT2D eigenvalue weighted by molar-refractivity contribution is -0.137. The van der Waals surface area contributed by atoms with Crippen molar-refractivity contribution in [2.24, 2.45) is 10.2 Å². The molecule has 0 saturated heterocycles. The Morgan fingerprint density at radius 1 is 0.705 bits per heavy atom. The molecule has 27 heteroatoms. The largest absolute Gasteiger partial charge is 0.505 e. The normalized spacial score (nSPS) is 12.4. The summed E-state index contributed by atoms with van der Waals surface area (Å²) in [5, 5.41) is 26.8. The number of carbonyl (C=O) groups excluding carboxylic acids is 1. The van der Waals surface area contributed by atoms with Crippen LogP contribution in [-0.2, 0) is 50.0 Å². The highest BCUT2D eigenvalue weighted by molar-refractivity contribution is 7.86. The number of hydrogen-bond acceptors (Lipinski definition) is 19. The van der Waals surface area contributed by atoms with Gasteiger partial charge in [0.1, 0.15) is 27.8 Å². The van der Waals surface area contributed by atoms with Crippen LogP contribution in [0.2, 0.25) is 0 Å². The Hall–Kier alpha value is -6.72. The molecule has 1 aromatic heterocycles. The monoisotopic (exact) mass is 916 g/mol. The van der Waals surface area contributed by atoms with E-state index in [1.54, 1.807) is 6.07 Å². The van der Waals surface area contributed by atoms with Gasteiger partial charge in [0.15, 0.2) is 5.75 Å². The number of phenolic OH excluding ortho intramolecular Hbond substituents is 1. The van der Waals surface area contributed by atoms with Crippen molar-refractivity contribution in [2.45, 2.75) is 19.6 Å². The summed E-state index contributed by atoms with van der Waals surface area (Å²) in [7, 11) is -20.0. The zero-order valence-corrected chi connectivity index (χ0v) is 33.7. The fourth-order valence-corrected chi connectivity index (χ4v) is 8.10. The van der Waals surface area contributed by atoms with E-state index in [9.17, 15) is 61.8 Å². The number of phenols is 1. The first-order chi connectivity index (χ1) is 28.5. The van der Waals surface area contributed by atoms with Crippen LogP contribution in [0.15, 0.2) is 121 Å². The molecule has 6 aromatic rings. The van der Waals surface area contributed by atoms with Gasteiger partial charge in [-0.25, -0.2) is 4.79 Å². The molecule has 6 rings (SSSR count). The summed E-state index contributed by atoms with van der Waals surface area (Å²) in [6.45, 7) is 2.97. The summed E-state index contributed by atoms with van der Waals surface area (Å²) < 4.78 is 143. The van der Waals surface area contributed by atoms with Gasteiger partial charge in [-0.15, -0.1) is 10.2 Å². The molecular weight excluding hydrogens is 889 g/mol. The number of benzene rings is 5. The van der Waals surface area contributed by atoms with Gasteiger partial charge in [-0.05, 0) is 59.3 Å². The van der Waals surface area contributed by atoms with E-state index in [-0.39, 0.29) is 36.1 Å². The van der Waals surface area contributed by atoms with E-state index in [4.69, 9.17) is 4.74 Å². The second-order valence-corrected chi connectivity index (χ2v) is 17.8. The molecule has 0 amide bonds. The van der Waals surface area contributed by atoms with E-state index in [0.717, 1.165) is 36.4 Å². The summed E-state index contributed by atoms with van der Waals surface area (Å²) in [6, 6.07) is 15.2. The molecule has 0 saturated carbocycles. The minimum Gasteiger partial charge on any atom is -0.505 e. The number of hydrogen-bond donors (Lipinski definition) is 8. The first-order valence-corrected chi connectivity index (χ1v) is 22.4. The second kappa shape index (κ2) is 16.7. The van der Waals surface area contributed by atoms with Crippen molar-refractivity contribution in [3.05, 3.63) is 91.5 Å². The van der Waals surface area contributed by atoms with Crippen LogP contribution in [0.3, 0.4) is 0 Å². The molecule has 5 aromatic carbocycles. The molecule has 0 aliphatic rings. The maximum atomic E-state index is 12.7. The zero-order chi connectivity index (χ0) is 44.5. The number of aromatic hydroxyl groups is 1. The van der Waals surface area contributed by atoms with E-state index < -0.39 is 106 Å². The number of carbonyl (C=O) groups is 1. The molecule has 0 atom stereocenters. The summed E-state index contributed by atoms with van der Waals surface area (Å²) >= 11 is 0. The molecule has 1 heterocycles. The Labute approximate surface area is 344 Å². The lowest BCUT2D eigenvalue weighted by Crippen LogP contribution is -2.15. The molecule has 61 heavy (non-hydrogen) atoms. The minimum absolute atomic E-state index is 0.00335. The molecule has 0 unspecified atom stereocenters. The summed E-state index contributed by atoms with van der Waals surface area (Å²) in [5.41, 5.74) is -1.83. The van der Waals surface area contributed by atoms with Gasteiger partial charge in [0.05, 0.1) is 22.0 Å². The fourth-order valence-electron chi connectivity index (χ4n) is 5.59. The Bertz CT molecular complexity index is 3260. The second-order valence-electron chi connectivity index (χ2n) is 12.3. The van der Waals surface area contributed by atoms with E-state index >= 15 is 0 Å². The number of anilines is 5. The van der Waals surface area contributed by atoms with Gasteiger partial charge in [0, 0.05) is 22.5 Å². The van der Waals surface area contributed by atoms with Crippen LogP contribution in [0, 0.1) is 0 Å². The molecule has 0 aliphatic carbocycles. The number of rotatable bonds is 15. The van der Waals surface area contributed by atoms with E-state index in [0.29, 0.717) is 11.5 Å². The van der Waals surface area contributed by atoms with E-state index in [1.807, 2.05) is 0 Å². The van der Waals surface area contributed by atoms with Crippen molar-refractivity contribution in [3.8, 4) is 5.75 Å². The van der Waals surface area contributed by atoms with E-state index in [2.05, 4.69) is 47.7 Å². The number of nitrogens with zero attached hydrogens (tertiary/aromatic N) is 5. The molecule has 0 aliphatic heterocycles. The predicted molar refractivity (Wildman–Crippen MR) is 215 cm³/mol. The Morgan fingerprint density at radius 3 is 1.97 bits per heavy atom. The molecule has 318 valence electrons. The van der Waals surface area contributed by atoms with Crippen LogP contribution in [0.5, 0.6) is 5.75 Å². The quantitative estimate of drug-likeness (QED) is 0.0223. The number of fused-ring (bicyclic) bond motifs is 2. The Kier molecular flexibility index (Phi) is 12.0. The van der Waals surface area contributed by atoms with Crippen LogP contribution in [0.25, 0.3) is 21.5 Å². The lowest BCUT2D eigenvalue weighted by Gasteiger charge is -2.16. The highest BCUT2D eigenvalue weighted by Crippen LogP contribution is 2.46. The SMILES string of the molecule is C=CC(=O)OCCNc1nc(Nc2ccc(S(=O)(=O)O)cc2)nc(Nc2cc(S(=O)(=O)O)cc3cc(S(=O)(=O)O)c(N=Nc4ccc5ccccc5c4S(=O)(=O)O)c(O)c23)n1. The molecule has 0 radical (unpaired) electrons. The van der Waals surface area contributed by atoms with Crippen molar-refractivity contribution in [3.63, 3.8) is 0 Å². The summed E-state index contributed by atoms with van der Waals surface area (Å²) in [4.78, 5) is 20.9. The fraction of sp³-hybridized carbons (Fsp3) is 0.0588. The third-order valence-electron chi connectivity index (χ3n) is 8.16. The maximum Gasteiger partial charge on any atom is 0.330 e. The average Bonchev–Trinajstić information content (AvgIpc) is 3.17. The van der Waals surface area contributed by atoms with Crippen molar-refractivity contribution in [2.75, 3.05) is 29.1 Å². The number of aromatic nitrogens is 3. The van der Waals surface area contributed by atoms with Crippen LogP contribution < -0.4 is 16.0 Å². The van der Waals surface area contributed by atoms with Gasteiger partial charge < -0.3 is 25.8 Å². The van der Waals surface area contributed by atoms with Crippen LogP contribution in [0.1, 0.15) is 0 Å². The molecule has 8 N–H and O–H groups in total. The average molecular weight is 917 g/mol. The van der Waals surface area contributed by atoms with Crippen molar-refractivity contribution < 1.29 is 66.5 Å². The Morgan fingerprint density at radius 2 is 1.34 bits per heavy atom. The Balaban J connectivity index is 1.52. The van der Waals surface area contributed by atoms with Gasteiger partial charge in [0.25, 0.3) is 40.5 Å². The minimum atomic E-state index is -5.36. The zero-order valence-electron chi connectivity index (χ0n) is 30.4. The molecular formula is C34H28N8O15S4. The third kappa shape index (κ3) is 10.2. The smallest absolute Gasteiger partial charge is 0.330 e. The number of ether oxygens (including phenoxy) is 1.